The first-order valence-corrected chi connectivity index (χ1v) is 9.17. The monoisotopic (exact) mass is 333 g/mol. The van der Waals surface area contributed by atoms with E-state index in [1.54, 1.807) is 11.3 Å². The zero-order chi connectivity index (χ0) is 16.2. The molecule has 2 aliphatic rings. The molecule has 3 rings (SSSR count). The zero-order valence-electron chi connectivity index (χ0n) is 13.6. The first-order valence-electron chi connectivity index (χ1n) is 8.36. The highest BCUT2D eigenvalue weighted by Gasteiger charge is 2.23. The van der Waals surface area contributed by atoms with Crippen LogP contribution in [0.3, 0.4) is 0 Å². The van der Waals surface area contributed by atoms with Crippen molar-refractivity contribution in [2.45, 2.75) is 45.1 Å². The zero-order valence-corrected chi connectivity index (χ0v) is 14.4. The molecule has 1 amide bonds. The third-order valence-corrected chi connectivity index (χ3v) is 5.69. The number of rotatable bonds is 3. The van der Waals surface area contributed by atoms with Crippen LogP contribution in [0.1, 0.15) is 42.2 Å². The van der Waals surface area contributed by atoms with E-state index in [4.69, 9.17) is 4.74 Å². The van der Waals surface area contributed by atoms with E-state index < -0.39 is 0 Å². The summed E-state index contributed by atoms with van der Waals surface area (Å²) < 4.78 is 5.50. The van der Waals surface area contributed by atoms with Crippen LogP contribution in [0.5, 0.6) is 0 Å². The van der Waals surface area contributed by atoms with Gasteiger partial charge in [0.05, 0.1) is 24.8 Å². The van der Waals surface area contributed by atoms with E-state index in [2.05, 4.69) is 16.3 Å². The molecule has 0 radical (unpaired) electrons. The second-order valence-electron chi connectivity index (χ2n) is 6.35. The highest BCUT2D eigenvalue weighted by Crippen LogP contribution is 2.36. The van der Waals surface area contributed by atoms with Crippen molar-refractivity contribution in [1.29, 1.82) is 5.26 Å². The lowest BCUT2D eigenvalue weighted by Gasteiger charge is -2.30. The van der Waals surface area contributed by atoms with Gasteiger partial charge < -0.3 is 10.1 Å². The van der Waals surface area contributed by atoms with E-state index in [0.29, 0.717) is 18.7 Å². The lowest BCUT2D eigenvalue weighted by atomic mass is 10.1. The summed E-state index contributed by atoms with van der Waals surface area (Å²) in [5.74, 6) is -0.0352. The Labute approximate surface area is 141 Å². The number of carbonyl (C=O) groups excluding carboxylic acids is 1. The Morgan fingerprint density at radius 3 is 3.04 bits per heavy atom. The SMILES string of the molecule is CC1CN(CC(=O)Nc2sc3c(c2C#N)CCCCC3)CCO1. The summed E-state index contributed by atoms with van der Waals surface area (Å²) in [6, 6.07) is 2.31. The molecule has 0 spiro atoms. The maximum absolute atomic E-state index is 12.3. The number of morpholine rings is 1. The predicted molar refractivity (Wildman–Crippen MR) is 90.8 cm³/mol. The summed E-state index contributed by atoms with van der Waals surface area (Å²) >= 11 is 1.59. The molecule has 0 aromatic carbocycles. The number of anilines is 1. The van der Waals surface area contributed by atoms with Crippen LogP contribution in [-0.4, -0.2) is 43.2 Å². The van der Waals surface area contributed by atoms with Crippen LogP contribution in [0.25, 0.3) is 0 Å². The smallest absolute Gasteiger partial charge is 0.239 e. The summed E-state index contributed by atoms with van der Waals surface area (Å²) in [6.07, 6.45) is 5.71. The fourth-order valence-electron chi connectivity index (χ4n) is 3.35. The van der Waals surface area contributed by atoms with Crippen LogP contribution < -0.4 is 5.32 Å². The number of thiophene rings is 1. The Morgan fingerprint density at radius 2 is 2.26 bits per heavy atom. The van der Waals surface area contributed by atoms with Crippen LogP contribution in [0.2, 0.25) is 0 Å². The van der Waals surface area contributed by atoms with Gasteiger partial charge in [-0.2, -0.15) is 5.26 Å². The third kappa shape index (κ3) is 3.92. The van der Waals surface area contributed by atoms with Gasteiger partial charge in [0.2, 0.25) is 5.91 Å². The van der Waals surface area contributed by atoms with Gasteiger partial charge in [0, 0.05) is 18.0 Å². The summed E-state index contributed by atoms with van der Waals surface area (Å²) in [5.41, 5.74) is 1.86. The molecule has 1 aliphatic carbocycles. The van der Waals surface area contributed by atoms with Crippen LogP contribution >= 0.6 is 11.3 Å². The Hall–Kier alpha value is -1.42. The molecule has 0 bridgehead atoms. The normalized spacial score (nSPS) is 22.0. The molecule has 124 valence electrons. The van der Waals surface area contributed by atoms with Gasteiger partial charge in [-0.25, -0.2) is 0 Å². The van der Waals surface area contributed by atoms with Crippen molar-refractivity contribution in [3.8, 4) is 6.07 Å². The number of hydrogen-bond donors (Lipinski definition) is 1. The molecule has 6 heteroatoms. The molecular formula is C17H23N3O2S. The fourth-order valence-corrected chi connectivity index (χ4v) is 4.61. The number of amides is 1. The van der Waals surface area contributed by atoms with Crippen molar-refractivity contribution in [2.24, 2.45) is 0 Å². The molecule has 2 heterocycles. The summed E-state index contributed by atoms with van der Waals surface area (Å²) in [6.45, 7) is 4.61. The first-order chi connectivity index (χ1) is 11.2. The van der Waals surface area contributed by atoms with Gasteiger partial charge in [-0.1, -0.05) is 6.42 Å². The lowest BCUT2D eigenvalue weighted by Crippen LogP contribution is -2.44. The summed E-state index contributed by atoms with van der Waals surface area (Å²) in [4.78, 5) is 15.7. The molecule has 1 N–H and O–H groups in total. The Bertz CT molecular complexity index is 620. The van der Waals surface area contributed by atoms with Crippen LogP contribution in [-0.2, 0) is 22.4 Å². The minimum atomic E-state index is -0.0352. The minimum absolute atomic E-state index is 0.0352. The van der Waals surface area contributed by atoms with E-state index in [9.17, 15) is 10.1 Å². The lowest BCUT2D eigenvalue weighted by molar-refractivity contribution is -0.119. The molecule has 1 aromatic heterocycles. The number of aryl methyl sites for hydroxylation is 1. The highest BCUT2D eigenvalue weighted by atomic mass is 32.1. The third-order valence-electron chi connectivity index (χ3n) is 4.48. The number of nitrogens with zero attached hydrogens (tertiary/aromatic N) is 2. The van der Waals surface area contributed by atoms with E-state index in [1.807, 2.05) is 6.92 Å². The maximum atomic E-state index is 12.3. The first kappa shape index (κ1) is 16.4. The number of nitrogens with one attached hydrogen (secondary N) is 1. The van der Waals surface area contributed by atoms with Crippen molar-refractivity contribution >= 4 is 22.2 Å². The largest absolute Gasteiger partial charge is 0.376 e. The number of ether oxygens (including phenoxy) is 1. The highest BCUT2D eigenvalue weighted by molar-refractivity contribution is 7.16. The number of carbonyl (C=O) groups is 1. The van der Waals surface area contributed by atoms with Crippen molar-refractivity contribution < 1.29 is 9.53 Å². The number of fused-ring (bicyclic) bond motifs is 1. The second kappa shape index (κ2) is 7.43. The molecular weight excluding hydrogens is 310 g/mol. The molecule has 1 saturated heterocycles. The quantitative estimate of drug-likeness (QED) is 0.863. The standard InChI is InChI=1S/C17H23N3O2S/c1-12-10-20(7-8-22-12)11-16(21)19-17-14(9-18)13-5-3-2-4-6-15(13)23-17/h12H,2-8,10-11H2,1H3,(H,19,21). The average Bonchev–Trinajstić information content (AvgIpc) is 2.67. The van der Waals surface area contributed by atoms with Crippen LogP contribution in [0, 0.1) is 11.3 Å². The molecule has 23 heavy (non-hydrogen) atoms. The van der Waals surface area contributed by atoms with E-state index in [1.165, 1.54) is 23.3 Å². The topological polar surface area (TPSA) is 65.4 Å². The van der Waals surface area contributed by atoms with Gasteiger partial charge in [-0.15, -0.1) is 11.3 Å². The van der Waals surface area contributed by atoms with Crippen molar-refractivity contribution in [1.82, 2.24) is 4.90 Å². The molecule has 1 aromatic rings. The van der Waals surface area contributed by atoms with Crippen molar-refractivity contribution in [2.75, 3.05) is 31.6 Å². The summed E-state index contributed by atoms with van der Waals surface area (Å²) in [7, 11) is 0. The van der Waals surface area contributed by atoms with Crippen LogP contribution in [0.15, 0.2) is 0 Å². The summed E-state index contributed by atoms with van der Waals surface area (Å²) in [5, 5.41) is 13.2. The van der Waals surface area contributed by atoms with E-state index in [-0.39, 0.29) is 12.0 Å². The maximum Gasteiger partial charge on any atom is 0.239 e. The van der Waals surface area contributed by atoms with E-state index >= 15 is 0 Å². The predicted octanol–water partition coefficient (Wildman–Crippen LogP) is 2.55. The van der Waals surface area contributed by atoms with Gasteiger partial charge in [0.25, 0.3) is 0 Å². The molecule has 0 saturated carbocycles. The van der Waals surface area contributed by atoms with Gasteiger partial charge in [-0.05, 0) is 38.2 Å². The molecule has 1 aliphatic heterocycles. The van der Waals surface area contributed by atoms with Crippen LogP contribution in [0.4, 0.5) is 5.00 Å². The van der Waals surface area contributed by atoms with Crippen molar-refractivity contribution in [3.63, 3.8) is 0 Å². The Morgan fingerprint density at radius 1 is 1.43 bits per heavy atom. The van der Waals surface area contributed by atoms with Gasteiger partial charge in [0.15, 0.2) is 0 Å². The van der Waals surface area contributed by atoms with E-state index in [0.717, 1.165) is 37.4 Å². The Balaban J connectivity index is 1.67. The average molecular weight is 333 g/mol. The van der Waals surface area contributed by atoms with Crippen molar-refractivity contribution in [3.05, 3.63) is 16.0 Å². The second-order valence-corrected chi connectivity index (χ2v) is 7.45. The van der Waals surface area contributed by atoms with Gasteiger partial charge >= 0.3 is 0 Å². The molecule has 1 fully saturated rings. The molecule has 5 nitrogen and oxygen atoms in total. The van der Waals surface area contributed by atoms with Gasteiger partial charge in [-0.3, -0.25) is 9.69 Å². The molecule has 1 unspecified atom stereocenters. The molecule has 1 atom stereocenters. The minimum Gasteiger partial charge on any atom is -0.376 e. The fraction of sp³-hybridized carbons (Fsp3) is 0.647. The Kier molecular flexibility index (Phi) is 5.31. The number of nitriles is 1. The number of hydrogen-bond acceptors (Lipinski definition) is 5. The van der Waals surface area contributed by atoms with Gasteiger partial charge in [0.1, 0.15) is 11.1 Å².